The van der Waals surface area contributed by atoms with Gasteiger partial charge in [-0.1, -0.05) is 18.6 Å². The third-order valence-electron chi connectivity index (χ3n) is 4.63. The number of aliphatic imine (C=N–C) groups is 1. The predicted octanol–water partition coefficient (Wildman–Crippen LogP) is 1.45. The van der Waals surface area contributed by atoms with Gasteiger partial charge in [0.1, 0.15) is 5.69 Å². The smallest absolute Gasteiger partial charge is 0.201 e. The summed E-state index contributed by atoms with van der Waals surface area (Å²) in [6, 6.07) is 1.63. The highest BCUT2D eigenvalue weighted by atomic mass is 16.3. The highest BCUT2D eigenvalue weighted by molar-refractivity contribution is 6.04. The standard InChI is InChI=1S/C17H21N5O/c23-17(15-6-2-4-9-20-15)16(13-5-1-3-8-19-13)21-14-11-18-10-7-12(14)22-17/h2,4,6-7,9-11,13,15,19-20,22-23H,1,3,5,8H2. The fourth-order valence-electron chi connectivity index (χ4n) is 3.44. The summed E-state index contributed by atoms with van der Waals surface area (Å²) in [5, 5.41) is 21.5. The number of fused-ring (bicyclic) bond motifs is 1. The van der Waals surface area contributed by atoms with Crippen LogP contribution in [0.25, 0.3) is 0 Å². The lowest BCUT2D eigenvalue weighted by molar-refractivity contribution is 0.112. The predicted molar refractivity (Wildman–Crippen MR) is 90.7 cm³/mol. The molecule has 3 unspecified atom stereocenters. The largest absolute Gasteiger partial charge is 0.380 e. The van der Waals surface area contributed by atoms with E-state index in [0.29, 0.717) is 0 Å². The van der Waals surface area contributed by atoms with Crippen LogP contribution in [-0.2, 0) is 0 Å². The summed E-state index contributed by atoms with van der Waals surface area (Å²) in [5.74, 6) is 0. The van der Waals surface area contributed by atoms with Gasteiger partial charge in [-0.2, -0.15) is 0 Å². The van der Waals surface area contributed by atoms with Crippen LogP contribution >= 0.6 is 0 Å². The number of hydrogen-bond donors (Lipinski definition) is 4. The Bertz CT molecular complexity index is 677. The van der Waals surface area contributed by atoms with E-state index in [1.807, 2.05) is 30.5 Å². The van der Waals surface area contributed by atoms with Crippen LogP contribution in [-0.4, -0.2) is 40.2 Å². The SMILES string of the molecule is OC1(C2C=CC=CN2)Nc2ccncc2N=C1C1CCCCN1. The van der Waals surface area contributed by atoms with E-state index in [-0.39, 0.29) is 12.1 Å². The van der Waals surface area contributed by atoms with Gasteiger partial charge in [-0.05, 0) is 37.7 Å². The molecule has 6 nitrogen and oxygen atoms in total. The summed E-state index contributed by atoms with van der Waals surface area (Å²) < 4.78 is 0. The van der Waals surface area contributed by atoms with Crippen molar-refractivity contribution < 1.29 is 5.11 Å². The van der Waals surface area contributed by atoms with Crippen molar-refractivity contribution in [1.82, 2.24) is 15.6 Å². The lowest BCUT2D eigenvalue weighted by atomic mass is 9.86. The van der Waals surface area contributed by atoms with E-state index in [4.69, 9.17) is 4.99 Å². The quantitative estimate of drug-likeness (QED) is 0.665. The first-order chi connectivity index (χ1) is 11.3. The molecule has 0 amide bonds. The summed E-state index contributed by atoms with van der Waals surface area (Å²) in [7, 11) is 0. The van der Waals surface area contributed by atoms with Gasteiger partial charge in [-0.3, -0.25) is 4.98 Å². The molecule has 1 aromatic rings. The number of nitrogens with one attached hydrogen (secondary N) is 3. The molecule has 0 radical (unpaired) electrons. The zero-order chi connectivity index (χ0) is 15.7. The summed E-state index contributed by atoms with van der Waals surface area (Å²) in [6.07, 6.45) is 14.4. The van der Waals surface area contributed by atoms with Crippen LogP contribution in [0.3, 0.4) is 0 Å². The van der Waals surface area contributed by atoms with Crippen LogP contribution in [0, 0.1) is 0 Å². The van der Waals surface area contributed by atoms with Gasteiger partial charge in [0.2, 0.25) is 5.72 Å². The Kier molecular flexibility index (Phi) is 3.63. The number of aliphatic hydroxyl groups is 1. The Labute approximate surface area is 135 Å². The first-order valence-electron chi connectivity index (χ1n) is 8.14. The molecule has 3 atom stereocenters. The molecule has 0 aliphatic carbocycles. The molecule has 6 heteroatoms. The number of hydrogen-bond acceptors (Lipinski definition) is 6. The first-order valence-corrected chi connectivity index (χ1v) is 8.14. The number of rotatable bonds is 2. The number of allylic oxidation sites excluding steroid dienone is 2. The topological polar surface area (TPSA) is 81.6 Å². The van der Waals surface area contributed by atoms with Crippen molar-refractivity contribution in [2.45, 2.75) is 37.1 Å². The lowest BCUT2D eigenvalue weighted by Crippen LogP contribution is -2.65. The summed E-state index contributed by atoms with van der Waals surface area (Å²) >= 11 is 0. The van der Waals surface area contributed by atoms with Crippen molar-refractivity contribution >= 4 is 17.1 Å². The minimum absolute atomic E-state index is 0.0655. The van der Waals surface area contributed by atoms with Gasteiger partial charge < -0.3 is 21.1 Å². The maximum atomic E-state index is 11.5. The first kappa shape index (κ1) is 14.4. The van der Waals surface area contributed by atoms with Crippen molar-refractivity contribution in [1.29, 1.82) is 0 Å². The highest BCUT2D eigenvalue weighted by Crippen LogP contribution is 2.35. The number of dihydropyridines is 1. The Morgan fingerprint density at radius 2 is 2.22 bits per heavy atom. The molecule has 0 aromatic carbocycles. The van der Waals surface area contributed by atoms with Gasteiger partial charge >= 0.3 is 0 Å². The van der Waals surface area contributed by atoms with Crippen LogP contribution < -0.4 is 16.0 Å². The van der Waals surface area contributed by atoms with Crippen LogP contribution in [0.5, 0.6) is 0 Å². The Balaban J connectivity index is 1.76. The molecule has 23 heavy (non-hydrogen) atoms. The molecule has 1 aromatic heterocycles. The van der Waals surface area contributed by atoms with E-state index in [2.05, 4.69) is 20.9 Å². The fourth-order valence-corrected chi connectivity index (χ4v) is 3.44. The average Bonchev–Trinajstić information content (AvgIpc) is 2.62. The molecule has 4 heterocycles. The molecule has 3 aliphatic rings. The van der Waals surface area contributed by atoms with Crippen LogP contribution in [0.1, 0.15) is 19.3 Å². The molecule has 0 bridgehead atoms. The van der Waals surface area contributed by atoms with E-state index in [0.717, 1.165) is 42.9 Å². The molecule has 4 N–H and O–H groups in total. The molecule has 0 saturated carbocycles. The Morgan fingerprint density at radius 1 is 1.26 bits per heavy atom. The lowest BCUT2D eigenvalue weighted by Gasteiger charge is -2.43. The van der Waals surface area contributed by atoms with E-state index < -0.39 is 5.72 Å². The molecule has 120 valence electrons. The van der Waals surface area contributed by atoms with E-state index in [1.54, 1.807) is 12.4 Å². The second-order valence-electron chi connectivity index (χ2n) is 6.17. The van der Waals surface area contributed by atoms with Crippen molar-refractivity contribution in [2.75, 3.05) is 11.9 Å². The molecular weight excluding hydrogens is 290 g/mol. The zero-order valence-corrected chi connectivity index (χ0v) is 12.9. The third kappa shape index (κ3) is 2.54. The van der Waals surface area contributed by atoms with Crippen molar-refractivity contribution in [3.8, 4) is 0 Å². The normalized spacial score (nSPS) is 32.5. The average molecular weight is 311 g/mol. The maximum absolute atomic E-state index is 11.5. The summed E-state index contributed by atoms with van der Waals surface area (Å²) in [5.41, 5.74) is 1.03. The Morgan fingerprint density at radius 3 is 3.00 bits per heavy atom. The fraction of sp³-hybridized carbons (Fsp3) is 0.412. The van der Waals surface area contributed by atoms with E-state index in [1.165, 1.54) is 0 Å². The number of pyridine rings is 1. The highest BCUT2D eigenvalue weighted by Gasteiger charge is 2.46. The molecule has 1 fully saturated rings. The second kappa shape index (κ2) is 5.79. The molecular formula is C17H21N5O. The van der Waals surface area contributed by atoms with Crippen molar-refractivity contribution in [2.24, 2.45) is 4.99 Å². The summed E-state index contributed by atoms with van der Waals surface area (Å²) in [6.45, 7) is 0.952. The van der Waals surface area contributed by atoms with Crippen molar-refractivity contribution in [3.05, 3.63) is 42.9 Å². The minimum atomic E-state index is -1.27. The van der Waals surface area contributed by atoms with Gasteiger partial charge in [0.25, 0.3) is 0 Å². The summed E-state index contributed by atoms with van der Waals surface area (Å²) in [4.78, 5) is 8.93. The van der Waals surface area contributed by atoms with Crippen molar-refractivity contribution in [3.63, 3.8) is 0 Å². The zero-order valence-electron chi connectivity index (χ0n) is 12.9. The Hall–Kier alpha value is -2.18. The minimum Gasteiger partial charge on any atom is -0.380 e. The second-order valence-corrected chi connectivity index (χ2v) is 6.17. The van der Waals surface area contributed by atoms with Gasteiger partial charge in [0.15, 0.2) is 0 Å². The third-order valence-corrected chi connectivity index (χ3v) is 4.63. The van der Waals surface area contributed by atoms with Crippen LogP contribution in [0.4, 0.5) is 11.4 Å². The molecule has 4 rings (SSSR count). The number of piperidine rings is 1. The molecule has 1 saturated heterocycles. The van der Waals surface area contributed by atoms with Crippen LogP contribution in [0.2, 0.25) is 0 Å². The number of aromatic nitrogens is 1. The van der Waals surface area contributed by atoms with Gasteiger partial charge in [-0.15, -0.1) is 0 Å². The number of anilines is 1. The monoisotopic (exact) mass is 311 g/mol. The van der Waals surface area contributed by atoms with E-state index >= 15 is 0 Å². The van der Waals surface area contributed by atoms with Gasteiger partial charge in [-0.25, -0.2) is 4.99 Å². The molecule has 0 spiro atoms. The number of nitrogens with zero attached hydrogens (tertiary/aromatic N) is 2. The molecule has 3 aliphatic heterocycles. The maximum Gasteiger partial charge on any atom is 0.201 e. The van der Waals surface area contributed by atoms with Crippen LogP contribution in [0.15, 0.2) is 47.9 Å². The van der Waals surface area contributed by atoms with Gasteiger partial charge in [0, 0.05) is 6.20 Å². The van der Waals surface area contributed by atoms with Gasteiger partial charge in [0.05, 0.1) is 29.7 Å². The van der Waals surface area contributed by atoms with E-state index in [9.17, 15) is 5.11 Å².